The lowest BCUT2D eigenvalue weighted by Gasteiger charge is -2.08. The third-order valence-corrected chi connectivity index (χ3v) is 4.54. The number of hydrogen-bond acceptors (Lipinski definition) is 4. The molecular weight excluding hydrogens is 352 g/mol. The van der Waals surface area contributed by atoms with Crippen LogP contribution in [-0.2, 0) is 0 Å². The average Bonchev–Trinajstić information content (AvgIpc) is 3.19. The molecule has 1 heterocycles. The predicted octanol–water partition coefficient (Wildman–Crippen LogP) is 5.13. The molecular formula is C23H20N2O3. The molecule has 0 bridgehead atoms. The number of rotatable bonds is 5. The molecule has 140 valence electrons. The summed E-state index contributed by atoms with van der Waals surface area (Å²) in [7, 11) is 3.22. The van der Waals surface area contributed by atoms with E-state index in [2.05, 4.69) is 4.98 Å². The van der Waals surface area contributed by atoms with Gasteiger partial charge in [-0.3, -0.25) is 0 Å². The Labute approximate surface area is 163 Å². The van der Waals surface area contributed by atoms with Crippen molar-refractivity contribution < 1.29 is 14.6 Å². The van der Waals surface area contributed by atoms with Gasteiger partial charge in [-0.15, -0.1) is 0 Å². The second-order valence-electron chi connectivity index (χ2n) is 6.30. The number of methoxy groups -OCH3 is 2. The molecule has 2 N–H and O–H groups in total. The summed E-state index contributed by atoms with van der Waals surface area (Å²) >= 11 is 0. The van der Waals surface area contributed by atoms with E-state index in [1.807, 2.05) is 60.7 Å². The quantitative estimate of drug-likeness (QED) is 0.509. The number of ether oxygens (including phenoxy) is 2. The average molecular weight is 372 g/mol. The molecule has 0 fully saturated rings. The van der Waals surface area contributed by atoms with Crippen molar-refractivity contribution in [1.82, 2.24) is 9.97 Å². The van der Waals surface area contributed by atoms with Gasteiger partial charge in [-0.2, -0.15) is 0 Å². The van der Waals surface area contributed by atoms with Crippen LogP contribution in [0.4, 0.5) is 0 Å². The van der Waals surface area contributed by atoms with Gasteiger partial charge in [0.15, 0.2) is 11.5 Å². The maximum atomic E-state index is 9.92. The molecule has 1 aromatic heterocycles. The van der Waals surface area contributed by atoms with Gasteiger partial charge in [-0.25, -0.2) is 4.98 Å². The van der Waals surface area contributed by atoms with E-state index in [0.717, 1.165) is 28.1 Å². The van der Waals surface area contributed by atoms with E-state index >= 15 is 0 Å². The normalized spacial score (nSPS) is 10.6. The molecule has 0 aliphatic heterocycles. The first-order chi connectivity index (χ1) is 13.7. The third kappa shape index (κ3) is 3.30. The number of hydrogen-bond donors (Lipinski definition) is 2. The van der Waals surface area contributed by atoms with E-state index in [9.17, 15) is 5.11 Å². The number of benzene rings is 3. The topological polar surface area (TPSA) is 67.4 Å². The molecule has 28 heavy (non-hydrogen) atoms. The van der Waals surface area contributed by atoms with Gasteiger partial charge < -0.3 is 19.6 Å². The molecule has 3 aromatic carbocycles. The van der Waals surface area contributed by atoms with Gasteiger partial charge in [0.25, 0.3) is 0 Å². The zero-order valence-electron chi connectivity index (χ0n) is 15.6. The standard InChI is InChI=1S/C23H20N2O3/c1-27-19-12-11-17(14-20(19)28-2)23-24-21(15-7-4-3-5-8-15)22(25-23)16-9-6-10-18(26)13-16/h3-14,26H,1-2H3,(H,24,25). The molecule has 5 heteroatoms. The van der Waals surface area contributed by atoms with Crippen LogP contribution in [0.1, 0.15) is 0 Å². The third-order valence-electron chi connectivity index (χ3n) is 4.54. The van der Waals surface area contributed by atoms with Crippen LogP contribution < -0.4 is 9.47 Å². The van der Waals surface area contributed by atoms with Gasteiger partial charge in [0.1, 0.15) is 11.6 Å². The van der Waals surface area contributed by atoms with Crippen molar-refractivity contribution in [3.63, 3.8) is 0 Å². The molecule has 0 amide bonds. The van der Waals surface area contributed by atoms with E-state index in [1.165, 1.54) is 0 Å². The van der Waals surface area contributed by atoms with Crippen molar-refractivity contribution in [2.45, 2.75) is 0 Å². The van der Waals surface area contributed by atoms with Crippen LogP contribution in [0.25, 0.3) is 33.9 Å². The van der Waals surface area contributed by atoms with Gasteiger partial charge in [-0.1, -0.05) is 42.5 Å². The molecule has 0 spiro atoms. The highest BCUT2D eigenvalue weighted by Gasteiger charge is 2.16. The van der Waals surface area contributed by atoms with Gasteiger partial charge in [0.2, 0.25) is 0 Å². The summed E-state index contributed by atoms with van der Waals surface area (Å²) in [5, 5.41) is 9.92. The van der Waals surface area contributed by atoms with E-state index in [-0.39, 0.29) is 5.75 Å². The van der Waals surface area contributed by atoms with Crippen LogP contribution in [0.2, 0.25) is 0 Å². The van der Waals surface area contributed by atoms with Crippen molar-refractivity contribution in [2.75, 3.05) is 14.2 Å². The van der Waals surface area contributed by atoms with E-state index < -0.39 is 0 Å². The minimum Gasteiger partial charge on any atom is -0.508 e. The van der Waals surface area contributed by atoms with Gasteiger partial charge in [-0.05, 0) is 30.3 Å². The number of phenols is 1. The Morgan fingerprint density at radius 2 is 1.50 bits per heavy atom. The minimum absolute atomic E-state index is 0.201. The van der Waals surface area contributed by atoms with E-state index in [4.69, 9.17) is 14.5 Å². The summed E-state index contributed by atoms with van der Waals surface area (Å²) in [6.07, 6.45) is 0. The monoisotopic (exact) mass is 372 g/mol. The van der Waals surface area contributed by atoms with E-state index in [1.54, 1.807) is 26.4 Å². The van der Waals surface area contributed by atoms with Gasteiger partial charge >= 0.3 is 0 Å². The number of nitrogens with one attached hydrogen (secondary N) is 1. The SMILES string of the molecule is COc1ccc(-c2nc(-c3cccc(O)c3)c(-c3ccccc3)[nH]2)cc1OC. The van der Waals surface area contributed by atoms with Crippen LogP contribution >= 0.6 is 0 Å². The van der Waals surface area contributed by atoms with Gasteiger partial charge in [0, 0.05) is 16.7 Å². The first-order valence-electron chi connectivity index (χ1n) is 8.87. The molecule has 4 aromatic rings. The minimum atomic E-state index is 0.201. The Hall–Kier alpha value is -3.73. The Morgan fingerprint density at radius 1 is 0.750 bits per heavy atom. The second kappa shape index (κ2) is 7.48. The smallest absolute Gasteiger partial charge is 0.161 e. The number of phenolic OH excluding ortho intramolecular Hbond substituents is 1. The van der Waals surface area contributed by atoms with Crippen molar-refractivity contribution >= 4 is 0 Å². The summed E-state index contributed by atoms with van der Waals surface area (Å²) in [5.41, 5.74) is 4.38. The van der Waals surface area contributed by atoms with Crippen molar-refractivity contribution in [2.24, 2.45) is 0 Å². The Balaban J connectivity index is 1.89. The van der Waals surface area contributed by atoms with Crippen LogP contribution in [-0.4, -0.2) is 29.3 Å². The molecule has 0 aliphatic carbocycles. The highest BCUT2D eigenvalue weighted by molar-refractivity contribution is 5.82. The number of aromatic amines is 1. The number of aromatic hydroxyl groups is 1. The molecule has 5 nitrogen and oxygen atoms in total. The maximum Gasteiger partial charge on any atom is 0.161 e. The summed E-state index contributed by atoms with van der Waals surface area (Å²) in [5.74, 6) is 2.20. The highest BCUT2D eigenvalue weighted by Crippen LogP contribution is 2.36. The first-order valence-corrected chi connectivity index (χ1v) is 8.87. The molecule has 0 saturated carbocycles. The first kappa shape index (κ1) is 17.7. The second-order valence-corrected chi connectivity index (χ2v) is 6.30. The zero-order chi connectivity index (χ0) is 19.5. The number of aromatic nitrogens is 2. The van der Waals surface area contributed by atoms with Crippen molar-refractivity contribution in [3.05, 3.63) is 72.8 Å². The van der Waals surface area contributed by atoms with Crippen molar-refractivity contribution in [1.29, 1.82) is 0 Å². The van der Waals surface area contributed by atoms with Crippen LogP contribution in [0.3, 0.4) is 0 Å². The molecule has 0 aliphatic rings. The summed E-state index contributed by atoms with van der Waals surface area (Å²) in [6.45, 7) is 0. The molecule has 4 rings (SSSR count). The molecule has 0 radical (unpaired) electrons. The van der Waals surface area contributed by atoms with Crippen LogP contribution in [0, 0.1) is 0 Å². The summed E-state index contributed by atoms with van der Waals surface area (Å²) < 4.78 is 10.7. The Kier molecular flexibility index (Phi) is 4.72. The fourth-order valence-electron chi connectivity index (χ4n) is 3.17. The highest BCUT2D eigenvalue weighted by atomic mass is 16.5. The fourth-order valence-corrected chi connectivity index (χ4v) is 3.17. The van der Waals surface area contributed by atoms with E-state index in [0.29, 0.717) is 17.3 Å². The number of H-pyrrole nitrogens is 1. The lowest BCUT2D eigenvalue weighted by atomic mass is 10.1. The molecule has 0 atom stereocenters. The molecule has 0 saturated heterocycles. The Morgan fingerprint density at radius 3 is 2.21 bits per heavy atom. The van der Waals surface area contributed by atoms with Crippen molar-refractivity contribution in [3.8, 4) is 51.2 Å². The fraction of sp³-hybridized carbons (Fsp3) is 0.0870. The number of nitrogens with zero attached hydrogens (tertiary/aromatic N) is 1. The van der Waals surface area contributed by atoms with Crippen LogP contribution in [0.15, 0.2) is 72.8 Å². The summed E-state index contributed by atoms with van der Waals surface area (Å²) in [6, 6.07) is 22.8. The zero-order valence-corrected chi connectivity index (χ0v) is 15.6. The number of imidazole rings is 1. The summed E-state index contributed by atoms with van der Waals surface area (Å²) in [4.78, 5) is 8.27. The Bertz CT molecular complexity index is 1100. The lowest BCUT2D eigenvalue weighted by molar-refractivity contribution is 0.355. The predicted molar refractivity (Wildman–Crippen MR) is 110 cm³/mol. The largest absolute Gasteiger partial charge is 0.508 e. The van der Waals surface area contributed by atoms with Crippen LogP contribution in [0.5, 0.6) is 17.2 Å². The lowest BCUT2D eigenvalue weighted by Crippen LogP contribution is -1.91. The van der Waals surface area contributed by atoms with Gasteiger partial charge in [0.05, 0.1) is 25.6 Å². The molecule has 0 unspecified atom stereocenters. The maximum absolute atomic E-state index is 9.92.